The number of aryl methyl sites for hydroxylation is 1. The number of fused-ring (bicyclic) bond motifs is 1. The number of aromatic carboxylic acids is 1. The van der Waals surface area contributed by atoms with Crippen LogP contribution in [-0.2, 0) is 0 Å². The van der Waals surface area contributed by atoms with Gasteiger partial charge in [-0.05, 0) is 55.0 Å². The van der Waals surface area contributed by atoms with Crippen molar-refractivity contribution in [3.8, 4) is 0 Å². The minimum Gasteiger partial charge on any atom is -0.478 e. The molecule has 0 spiro atoms. The summed E-state index contributed by atoms with van der Waals surface area (Å²) >= 11 is 0. The van der Waals surface area contributed by atoms with Gasteiger partial charge >= 0.3 is 12.0 Å². The number of carboxylic acids is 1. The summed E-state index contributed by atoms with van der Waals surface area (Å²) in [6.45, 7) is 1.90. The minimum absolute atomic E-state index is 0.0313. The second-order valence-corrected chi connectivity index (χ2v) is 7.31. The van der Waals surface area contributed by atoms with E-state index in [1.54, 1.807) is 12.1 Å². The highest BCUT2D eigenvalue weighted by atomic mass is 16.6. The Morgan fingerprint density at radius 2 is 1.71 bits per heavy atom. The number of carbonyl (C=O) groups is 2. The van der Waals surface area contributed by atoms with E-state index < -0.39 is 16.9 Å². The molecule has 0 saturated carbocycles. The van der Waals surface area contributed by atoms with Crippen molar-refractivity contribution >= 4 is 51.7 Å². The van der Waals surface area contributed by atoms with Crippen molar-refractivity contribution in [1.29, 1.82) is 0 Å². The number of rotatable bonds is 6. The monoisotopic (exact) mass is 458 g/mol. The third kappa shape index (κ3) is 5.05. The van der Waals surface area contributed by atoms with Crippen LogP contribution >= 0.6 is 0 Å². The Labute approximate surface area is 192 Å². The Kier molecular flexibility index (Phi) is 5.99. The Morgan fingerprint density at radius 1 is 0.941 bits per heavy atom. The number of anilines is 4. The lowest BCUT2D eigenvalue weighted by Crippen LogP contribution is -2.21. The number of nitrogens with one attached hydrogen (secondary N) is 3. The Bertz CT molecular complexity index is 1420. The quantitative estimate of drug-likeness (QED) is 0.234. The second kappa shape index (κ2) is 9.20. The molecule has 0 aliphatic rings. The largest absolute Gasteiger partial charge is 0.478 e. The van der Waals surface area contributed by atoms with Gasteiger partial charge in [-0.2, -0.15) is 4.98 Å². The maximum atomic E-state index is 12.5. The highest BCUT2D eigenvalue weighted by molar-refractivity contribution is 6.00. The number of amides is 2. The molecule has 0 atom stereocenters. The van der Waals surface area contributed by atoms with Crippen molar-refractivity contribution in [3.63, 3.8) is 0 Å². The number of benzene rings is 3. The molecule has 1 heterocycles. The first-order chi connectivity index (χ1) is 16.3. The van der Waals surface area contributed by atoms with Gasteiger partial charge in [0.15, 0.2) is 0 Å². The van der Waals surface area contributed by atoms with Crippen LogP contribution in [0.25, 0.3) is 10.9 Å². The number of nitro groups is 1. The summed E-state index contributed by atoms with van der Waals surface area (Å²) in [5.41, 5.74) is 2.36. The fraction of sp³-hybridized carbons (Fsp3) is 0.0435. The van der Waals surface area contributed by atoms with Crippen LogP contribution in [0.3, 0.4) is 0 Å². The van der Waals surface area contributed by atoms with Crippen molar-refractivity contribution in [1.82, 2.24) is 9.97 Å². The highest BCUT2D eigenvalue weighted by Gasteiger charge is 2.15. The molecule has 4 rings (SSSR count). The fourth-order valence-electron chi connectivity index (χ4n) is 3.20. The molecule has 3 aromatic carbocycles. The first-order valence-electron chi connectivity index (χ1n) is 10.00. The highest BCUT2D eigenvalue weighted by Crippen LogP contribution is 2.29. The zero-order valence-corrected chi connectivity index (χ0v) is 17.8. The van der Waals surface area contributed by atoms with E-state index in [1.165, 1.54) is 42.5 Å². The number of hydrogen-bond donors (Lipinski definition) is 4. The molecule has 0 aliphatic heterocycles. The van der Waals surface area contributed by atoms with E-state index in [2.05, 4.69) is 25.9 Å². The molecule has 0 radical (unpaired) electrons. The average molecular weight is 458 g/mol. The molecule has 11 heteroatoms. The SMILES string of the molecule is Cc1cccc(NC(=O)Nc2nc(Nc3ccc(C(=O)O)cc3)c3cc([N+](=O)[O-])ccc3n2)c1. The van der Waals surface area contributed by atoms with E-state index >= 15 is 0 Å². The minimum atomic E-state index is -1.07. The average Bonchev–Trinajstić information content (AvgIpc) is 2.79. The number of carboxylic acid groups (broad SMARTS) is 1. The maximum Gasteiger partial charge on any atom is 0.335 e. The van der Waals surface area contributed by atoms with E-state index in [-0.39, 0.29) is 23.0 Å². The van der Waals surface area contributed by atoms with Gasteiger partial charge in [-0.15, -0.1) is 0 Å². The van der Waals surface area contributed by atoms with Crippen LogP contribution in [0.4, 0.5) is 33.6 Å². The summed E-state index contributed by atoms with van der Waals surface area (Å²) in [5, 5.41) is 28.9. The van der Waals surface area contributed by atoms with E-state index in [0.29, 0.717) is 22.3 Å². The number of aromatic nitrogens is 2. The predicted molar refractivity (Wildman–Crippen MR) is 127 cm³/mol. The van der Waals surface area contributed by atoms with Crippen molar-refractivity contribution in [2.75, 3.05) is 16.0 Å². The normalized spacial score (nSPS) is 10.5. The Morgan fingerprint density at radius 3 is 2.38 bits per heavy atom. The smallest absolute Gasteiger partial charge is 0.335 e. The van der Waals surface area contributed by atoms with Crippen molar-refractivity contribution in [2.45, 2.75) is 6.92 Å². The first kappa shape index (κ1) is 22.1. The summed E-state index contributed by atoms with van der Waals surface area (Å²) in [6, 6.07) is 16.6. The van der Waals surface area contributed by atoms with Crippen molar-refractivity contribution in [3.05, 3.63) is 88.0 Å². The van der Waals surface area contributed by atoms with Gasteiger partial charge in [0.1, 0.15) is 5.82 Å². The van der Waals surface area contributed by atoms with Gasteiger partial charge in [0.05, 0.1) is 16.0 Å². The third-order valence-electron chi connectivity index (χ3n) is 4.79. The van der Waals surface area contributed by atoms with E-state index in [4.69, 9.17) is 5.11 Å². The molecule has 0 unspecified atom stereocenters. The second-order valence-electron chi connectivity index (χ2n) is 7.31. The van der Waals surface area contributed by atoms with Gasteiger partial charge in [-0.25, -0.2) is 14.6 Å². The molecule has 0 saturated heterocycles. The van der Waals surface area contributed by atoms with Gasteiger partial charge in [0, 0.05) is 28.9 Å². The lowest BCUT2D eigenvalue weighted by atomic mass is 10.2. The molecule has 4 N–H and O–H groups in total. The number of nitro benzene ring substituents is 1. The maximum absolute atomic E-state index is 12.5. The van der Waals surface area contributed by atoms with Crippen LogP contribution in [0.2, 0.25) is 0 Å². The number of urea groups is 1. The van der Waals surface area contributed by atoms with Crippen molar-refractivity contribution < 1.29 is 19.6 Å². The molecular formula is C23H18N6O5. The van der Waals surface area contributed by atoms with E-state index in [0.717, 1.165) is 5.56 Å². The Balaban J connectivity index is 1.67. The molecule has 34 heavy (non-hydrogen) atoms. The zero-order chi connectivity index (χ0) is 24.2. The molecule has 0 bridgehead atoms. The number of non-ortho nitro benzene ring substituents is 1. The molecular weight excluding hydrogens is 440 g/mol. The molecule has 0 aliphatic carbocycles. The summed E-state index contributed by atoms with van der Waals surface area (Å²) in [4.78, 5) is 42.9. The van der Waals surface area contributed by atoms with Gasteiger partial charge in [0.2, 0.25) is 5.95 Å². The zero-order valence-electron chi connectivity index (χ0n) is 17.8. The number of carbonyl (C=O) groups excluding carboxylic acids is 1. The molecule has 0 fully saturated rings. The summed E-state index contributed by atoms with van der Waals surface area (Å²) in [6.07, 6.45) is 0. The Hall–Kier alpha value is -5.06. The van der Waals surface area contributed by atoms with E-state index in [1.807, 2.05) is 19.1 Å². The van der Waals surface area contributed by atoms with Crippen LogP contribution in [0, 0.1) is 17.0 Å². The molecule has 170 valence electrons. The topological polar surface area (TPSA) is 159 Å². The van der Waals surface area contributed by atoms with Crippen LogP contribution in [0.5, 0.6) is 0 Å². The lowest BCUT2D eigenvalue weighted by Gasteiger charge is -2.12. The molecule has 2 amide bonds. The predicted octanol–water partition coefficient (Wildman–Crippen LogP) is 4.93. The fourth-order valence-corrected chi connectivity index (χ4v) is 3.20. The standard InChI is InChI=1S/C23H18N6O5/c1-13-3-2-4-16(11-13)25-23(32)28-22-26-19-10-9-17(29(33)34)12-18(19)20(27-22)24-15-7-5-14(6-8-15)21(30)31/h2-12H,1H3,(H,30,31)(H3,24,25,26,27,28,32). The lowest BCUT2D eigenvalue weighted by molar-refractivity contribution is -0.384. The summed E-state index contributed by atoms with van der Waals surface area (Å²) in [7, 11) is 0. The van der Waals surface area contributed by atoms with Crippen LogP contribution < -0.4 is 16.0 Å². The molecule has 4 aromatic rings. The van der Waals surface area contributed by atoms with Gasteiger partial charge in [-0.1, -0.05) is 12.1 Å². The summed E-state index contributed by atoms with van der Waals surface area (Å²) in [5.74, 6) is -0.903. The molecule has 11 nitrogen and oxygen atoms in total. The summed E-state index contributed by atoms with van der Waals surface area (Å²) < 4.78 is 0. The van der Waals surface area contributed by atoms with E-state index in [9.17, 15) is 19.7 Å². The van der Waals surface area contributed by atoms with Gasteiger partial charge in [-0.3, -0.25) is 15.4 Å². The first-order valence-corrected chi connectivity index (χ1v) is 10.00. The number of nitrogens with zero attached hydrogens (tertiary/aromatic N) is 3. The van der Waals surface area contributed by atoms with Crippen molar-refractivity contribution in [2.24, 2.45) is 0 Å². The number of hydrogen-bond acceptors (Lipinski definition) is 7. The van der Waals surface area contributed by atoms with Crippen LogP contribution in [-0.4, -0.2) is 32.0 Å². The molecule has 1 aromatic heterocycles. The third-order valence-corrected chi connectivity index (χ3v) is 4.79. The van der Waals surface area contributed by atoms with Crippen LogP contribution in [0.1, 0.15) is 15.9 Å². The van der Waals surface area contributed by atoms with Gasteiger partial charge in [0.25, 0.3) is 5.69 Å². The van der Waals surface area contributed by atoms with Crippen LogP contribution in [0.15, 0.2) is 66.7 Å². The van der Waals surface area contributed by atoms with Gasteiger partial charge < -0.3 is 15.7 Å².